The van der Waals surface area contributed by atoms with Crippen molar-refractivity contribution in [2.75, 3.05) is 0 Å². The van der Waals surface area contributed by atoms with Gasteiger partial charge in [-0.05, 0) is 12.1 Å². The molecule has 2 aromatic rings. The van der Waals surface area contributed by atoms with Gasteiger partial charge in [-0.3, -0.25) is 4.98 Å². The van der Waals surface area contributed by atoms with Crippen molar-refractivity contribution in [1.29, 1.82) is 0 Å². The second-order valence-electron chi connectivity index (χ2n) is 3.02. The molecule has 0 aliphatic heterocycles. The molecule has 2 aromatic heterocycles. The Bertz CT molecular complexity index is 428. The molecule has 1 N–H and O–H groups in total. The summed E-state index contributed by atoms with van der Waals surface area (Å²) < 4.78 is 25.7. The Kier molecular flexibility index (Phi) is 1.58. The van der Waals surface area contributed by atoms with Crippen LogP contribution in [0.25, 0.3) is 11.0 Å². The Morgan fingerprint density at radius 2 is 2.23 bits per heavy atom. The third-order valence-electron chi connectivity index (χ3n) is 1.91. The van der Waals surface area contributed by atoms with Crippen LogP contribution in [0.4, 0.5) is 8.78 Å². The van der Waals surface area contributed by atoms with Crippen molar-refractivity contribution < 1.29 is 8.78 Å². The fraction of sp³-hybridized carbons (Fsp3) is 0.222. The van der Waals surface area contributed by atoms with Gasteiger partial charge in [0.2, 0.25) is 0 Å². The maximum Gasteiger partial charge on any atom is 0.272 e. The molecule has 0 spiro atoms. The second-order valence-corrected chi connectivity index (χ2v) is 3.02. The molecule has 0 saturated heterocycles. The molecule has 0 radical (unpaired) electrons. The molecule has 0 saturated carbocycles. The maximum absolute atomic E-state index is 12.8. The molecule has 0 aliphatic rings. The van der Waals surface area contributed by atoms with Crippen LogP contribution in [0.2, 0.25) is 0 Å². The molecule has 0 fully saturated rings. The normalized spacial score (nSPS) is 12.2. The van der Waals surface area contributed by atoms with E-state index in [1.165, 1.54) is 12.3 Å². The Hall–Kier alpha value is -1.45. The molecule has 68 valence electrons. The van der Waals surface area contributed by atoms with Gasteiger partial charge in [-0.15, -0.1) is 0 Å². The number of halogens is 2. The van der Waals surface area contributed by atoms with Gasteiger partial charge in [-0.1, -0.05) is 0 Å². The zero-order valence-electron chi connectivity index (χ0n) is 7.01. The largest absolute Gasteiger partial charge is 0.360 e. The first-order valence-electron chi connectivity index (χ1n) is 3.89. The lowest BCUT2D eigenvalue weighted by Crippen LogP contribution is -2.06. The summed E-state index contributed by atoms with van der Waals surface area (Å²) >= 11 is 0. The number of aromatic nitrogens is 2. The SMILES string of the molecule is CC(F)(F)c1cnc2cc[nH]c2c1. The standard InChI is InChI=1S/C9H8F2N2/c1-9(10,11)6-4-8-7(13-5-6)2-3-12-8/h2-5,12H,1H3. The number of nitrogens with zero attached hydrogens (tertiary/aromatic N) is 1. The van der Waals surface area contributed by atoms with Crippen molar-refractivity contribution >= 4 is 11.0 Å². The summed E-state index contributed by atoms with van der Waals surface area (Å²) in [6.07, 6.45) is 2.88. The molecule has 0 amide bonds. The number of rotatable bonds is 1. The van der Waals surface area contributed by atoms with Gasteiger partial charge < -0.3 is 4.98 Å². The summed E-state index contributed by atoms with van der Waals surface area (Å²) in [6, 6.07) is 3.16. The average Bonchev–Trinajstić information content (AvgIpc) is 2.47. The number of pyridine rings is 1. The molecule has 2 heterocycles. The van der Waals surface area contributed by atoms with Crippen molar-refractivity contribution in [3.05, 3.63) is 30.1 Å². The Morgan fingerprint density at radius 1 is 1.46 bits per heavy atom. The van der Waals surface area contributed by atoms with Crippen LogP contribution in [0.5, 0.6) is 0 Å². The van der Waals surface area contributed by atoms with Crippen molar-refractivity contribution in [3.63, 3.8) is 0 Å². The van der Waals surface area contributed by atoms with Crippen LogP contribution in [0, 0.1) is 0 Å². The predicted molar refractivity (Wildman–Crippen MR) is 45.7 cm³/mol. The second kappa shape index (κ2) is 2.52. The quantitative estimate of drug-likeness (QED) is 0.721. The third-order valence-corrected chi connectivity index (χ3v) is 1.91. The van der Waals surface area contributed by atoms with Gasteiger partial charge in [0.05, 0.1) is 11.0 Å². The summed E-state index contributed by atoms with van der Waals surface area (Å²) in [6.45, 7) is 0.860. The van der Waals surface area contributed by atoms with E-state index in [4.69, 9.17) is 0 Å². The van der Waals surface area contributed by atoms with Crippen LogP contribution in [-0.2, 0) is 5.92 Å². The van der Waals surface area contributed by atoms with Gasteiger partial charge in [0.25, 0.3) is 5.92 Å². The summed E-state index contributed by atoms with van der Waals surface area (Å²) in [5.41, 5.74) is 1.27. The van der Waals surface area contributed by atoms with E-state index in [0.29, 0.717) is 11.0 Å². The summed E-state index contributed by atoms with van der Waals surface area (Å²) in [4.78, 5) is 6.73. The zero-order valence-corrected chi connectivity index (χ0v) is 7.01. The number of aromatic amines is 1. The van der Waals surface area contributed by atoms with E-state index < -0.39 is 5.92 Å². The molecular formula is C9H8F2N2. The molecule has 13 heavy (non-hydrogen) atoms. The lowest BCUT2D eigenvalue weighted by Gasteiger charge is -2.09. The first kappa shape index (κ1) is 8.16. The van der Waals surface area contributed by atoms with Gasteiger partial charge in [0, 0.05) is 24.9 Å². The lowest BCUT2D eigenvalue weighted by molar-refractivity contribution is 0.0173. The van der Waals surface area contributed by atoms with E-state index in [2.05, 4.69) is 9.97 Å². The topological polar surface area (TPSA) is 28.7 Å². The highest BCUT2D eigenvalue weighted by atomic mass is 19.3. The van der Waals surface area contributed by atoms with E-state index in [-0.39, 0.29) is 5.56 Å². The van der Waals surface area contributed by atoms with Crippen LogP contribution >= 0.6 is 0 Å². The summed E-state index contributed by atoms with van der Waals surface area (Å²) in [5, 5.41) is 0. The number of alkyl halides is 2. The van der Waals surface area contributed by atoms with E-state index in [1.54, 1.807) is 12.3 Å². The number of nitrogens with one attached hydrogen (secondary N) is 1. The highest BCUT2D eigenvalue weighted by molar-refractivity contribution is 5.75. The fourth-order valence-corrected chi connectivity index (χ4v) is 1.17. The van der Waals surface area contributed by atoms with Crippen molar-refractivity contribution in [1.82, 2.24) is 9.97 Å². The minimum absolute atomic E-state index is 0.0672. The van der Waals surface area contributed by atoms with E-state index in [9.17, 15) is 8.78 Å². The molecule has 2 rings (SSSR count). The van der Waals surface area contributed by atoms with Gasteiger partial charge in [0.15, 0.2) is 0 Å². The number of fused-ring (bicyclic) bond motifs is 1. The van der Waals surface area contributed by atoms with Crippen molar-refractivity contribution in [2.45, 2.75) is 12.8 Å². The van der Waals surface area contributed by atoms with Crippen molar-refractivity contribution in [3.8, 4) is 0 Å². The first-order chi connectivity index (χ1) is 6.07. The summed E-state index contributed by atoms with van der Waals surface area (Å²) in [5.74, 6) is -2.83. The van der Waals surface area contributed by atoms with Crippen LogP contribution in [0.15, 0.2) is 24.5 Å². The summed E-state index contributed by atoms with van der Waals surface area (Å²) in [7, 11) is 0. The van der Waals surface area contributed by atoms with Crippen LogP contribution in [0.1, 0.15) is 12.5 Å². The molecule has 0 aromatic carbocycles. The van der Waals surface area contributed by atoms with Gasteiger partial charge in [0.1, 0.15) is 0 Å². The highest BCUT2D eigenvalue weighted by Gasteiger charge is 2.24. The van der Waals surface area contributed by atoms with Gasteiger partial charge in [-0.2, -0.15) is 0 Å². The van der Waals surface area contributed by atoms with E-state index >= 15 is 0 Å². The van der Waals surface area contributed by atoms with Crippen LogP contribution in [-0.4, -0.2) is 9.97 Å². The van der Waals surface area contributed by atoms with Crippen molar-refractivity contribution in [2.24, 2.45) is 0 Å². The first-order valence-corrected chi connectivity index (χ1v) is 3.89. The monoisotopic (exact) mass is 182 g/mol. The van der Waals surface area contributed by atoms with Crippen LogP contribution < -0.4 is 0 Å². The number of H-pyrrole nitrogens is 1. The third kappa shape index (κ3) is 1.39. The molecule has 0 atom stereocenters. The Labute approximate surface area is 73.6 Å². The number of hydrogen-bond donors (Lipinski definition) is 1. The highest BCUT2D eigenvalue weighted by Crippen LogP contribution is 2.27. The Morgan fingerprint density at radius 3 is 2.92 bits per heavy atom. The molecule has 4 heteroatoms. The molecule has 0 bridgehead atoms. The maximum atomic E-state index is 12.8. The Balaban J connectivity index is 2.61. The fourth-order valence-electron chi connectivity index (χ4n) is 1.17. The van der Waals surface area contributed by atoms with Gasteiger partial charge in [-0.25, -0.2) is 8.78 Å². The van der Waals surface area contributed by atoms with Gasteiger partial charge >= 0.3 is 0 Å². The van der Waals surface area contributed by atoms with E-state index in [1.807, 2.05) is 0 Å². The molecule has 0 aliphatic carbocycles. The minimum atomic E-state index is -2.83. The predicted octanol–water partition coefficient (Wildman–Crippen LogP) is 2.67. The molecule has 2 nitrogen and oxygen atoms in total. The smallest absolute Gasteiger partial charge is 0.272 e. The van der Waals surface area contributed by atoms with Crippen LogP contribution in [0.3, 0.4) is 0 Å². The number of hydrogen-bond acceptors (Lipinski definition) is 1. The average molecular weight is 182 g/mol. The molecular weight excluding hydrogens is 174 g/mol. The van der Waals surface area contributed by atoms with E-state index in [0.717, 1.165) is 6.92 Å². The minimum Gasteiger partial charge on any atom is -0.360 e. The zero-order chi connectivity index (χ0) is 9.47. The lowest BCUT2D eigenvalue weighted by atomic mass is 10.1. The molecule has 0 unspecified atom stereocenters.